The maximum Gasteiger partial charge on any atom is 0.430 e. The average molecular weight is 731 g/mol. The van der Waals surface area contributed by atoms with Gasteiger partial charge in [-0.2, -0.15) is 26.3 Å². The number of carbonyl (C=O) groups is 3. The fourth-order valence-corrected chi connectivity index (χ4v) is 6.84. The molecule has 0 aromatic heterocycles. The van der Waals surface area contributed by atoms with E-state index >= 15 is 0 Å². The minimum absolute atomic E-state index is 0.0951. The maximum atomic E-state index is 14.6. The summed E-state index contributed by atoms with van der Waals surface area (Å²) >= 11 is 0. The standard InChI is InChI=1S/C37H36F6N4O5/c1-3-7-25-20-28(35(36(38,39)40,37(41,42)43)52-23-24-8-5-4-6-9-24)10-12-29(25)45-15-17-46(18-16-45)31(48)22-47-32(49)34(2,44-33(47)50)27-11-13-30-26(21-27)14-19-51-30/h3-13,20-21H,14-19,22-23H2,1-2H3,(H,44,50). The molecule has 0 saturated carbocycles. The molecule has 3 aromatic carbocycles. The minimum atomic E-state index is -5.86. The molecule has 3 heterocycles. The van der Waals surface area contributed by atoms with Crippen molar-refractivity contribution < 1.29 is 50.2 Å². The summed E-state index contributed by atoms with van der Waals surface area (Å²) in [6.07, 6.45) is -8.14. The van der Waals surface area contributed by atoms with E-state index in [2.05, 4.69) is 5.32 Å². The molecular weight excluding hydrogens is 694 g/mol. The molecule has 2 saturated heterocycles. The van der Waals surface area contributed by atoms with Gasteiger partial charge in [-0.3, -0.25) is 14.5 Å². The van der Waals surface area contributed by atoms with E-state index < -0.39 is 60.1 Å². The number of halogens is 6. The van der Waals surface area contributed by atoms with E-state index in [1.165, 1.54) is 47.4 Å². The van der Waals surface area contributed by atoms with Crippen LogP contribution >= 0.6 is 0 Å². The van der Waals surface area contributed by atoms with Crippen molar-refractivity contribution in [2.24, 2.45) is 0 Å². The third kappa shape index (κ3) is 6.57. The first-order valence-corrected chi connectivity index (χ1v) is 16.6. The highest BCUT2D eigenvalue weighted by Gasteiger charge is 2.73. The summed E-state index contributed by atoms with van der Waals surface area (Å²) in [5.41, 5.74) is -5.05. The summed E-state index contributed by atoms with van der Waals surface area (Å²) in [5.74, 6) is -0.358. The number of allylic oxidation sites excluding steroid dienone is 1. The van der Waals surface area contributed by atoms with Gasteiger partial charge in [-0.05, 0) is 60.4 Å². The Bertz CT molecular complexity index is 1860. The molecule has 276 valence electrons. The van der Waals surface area contributed by atoms with E-state index in [0.29, 0.717) is 30.0 Å². The molecule has 1 N–H and O–H groups in total. The lowest BCUT2D eigenvalue weighted by molar-refractivity contribution is -0.392. The first kappa shape index (κ1) is 36.7. The second kappa shape index (κ2) is 13.8. The molecule has 0 aliphatic carbocycles. The number of imide groups is 1. The third-order valence-corrected chi connectivity index (χ3v) is 9.69. The van der Waals surface area contributed by atoms with E-state index in [1.54, 1.807) is 36.9 Å². The summed E-state index contributed by atoms with van der Waals surface area (Å²) in [6.45, 7) is 2.83. The molecule has 0 spiro atoms. The molecule has 0 bridgehead atoms. The number of amides is 4. The number of urea groups is 1. The predicted molar refractivity (Wildman–Crippen MR) is 178 cm³/mol. The fraction of sp³-hybridized carbons (Fsp3) is 0.378. The minimum Gasteiger partial charge on any atom is -0.493 e. The Morgan fingerprint density at radius 1 is 0.942 bits per heavy atom. The summed E-state index contributed by atoms with van der Waals surface area (Å²) in [6, 6.07) is 14.6. The number of hydrogen-bond donors (Lipinski definition) is 1. The second-order valence-corrected chi connectivity index (χ2v) is 13.0. The van der Waals surface area contributed by atoms with Crippen molar-refractivity contribution in [3.8, 4) is 5.75 Å². The van der Waals surface area contributed by atoms with E-state index in [4.69, 9.17) is 9.47 Å². The molecular formula is C37H36F6N4O5. The van der Waals surface area contributed by atoms with E-state index in [1.807, 2.05) is 6.07 Å². The van der Waals surface area contributed by atoms with Gasteiger partial charge >= 0.3 is 18.4 Å². The van der Waals surface area contributed by atoms with Crippen LogP contribution in [0.5, 0.6) is 5.75 Å². The number of carbonyl (C=O) groups excluding carboxylic acids is 3. The Kier molecular flexibility index (Phi) is 9.77. The summed E-state index contributed by atoms with van der Waals surface area (Å²) in [4.78, 5) is 43.9. The van der Waals surface area contributed by atoms with Crippen molar-refractivity contribution in [2.75, 3.05) is 44.2 Å². The fourth-order valence-electron chi connectivity index (χ4n) is 6.84. The number of nitrogens with one attached hydrogen (secondary N) is 1. The molecule has 4 amide bonds. The Balaban J connectivity index is 1.17. The normalized spacial score (nSPS) is 19.7. The monoisotopic (exact) mass is 730 g/mol. The zero-order valence-corrected chi connectivity index (χ0v) is 28.3. The molecule has 1 unspecified atom stereocenters. The van der Waals surface area contributed by atoms with Gasteiger partial charge in [-0.1, -0.05) is 54.6 Å². The summed E-state index contributed by atoms with van der Waals surface area (Å²) in [5, 5.41) is 2.70. The first-order valence-electron chi connectivity index (χ1n) is 16.6. The van der Waals surface area contributed by atoms with Crippen molar-refractivity contribution in [2.45, 2.75) is 50.4 Å². The largest absolute Gasteiger partial charge is 0.493 e. The van der Waals surface area contributed by atoms with Crippen LogP contribution in [-0.2, 0) is 38.5 Å². The van der Waals surface area contributed by atoms with Crippen LogP contribution in [0.15, 0.2) is 72.8 Å². The smallest absolute Gasteiger partial charge is 0.430 e. The molecule has 15 heteroatoms. The van der Waals surface area contributed by atoms with Crippen molar-refractivity contribution in [3.05, 3.63) is 101 Å². The number of rotatable bonds is 9. The number of alkyl halides is 6. The van der Waals surface area contributed by atoms with Gasteiger partial charge in [0.1, 0.15) is 17.8 Å². The number of piperazine rings is 1. The van der Waals surface area contributed by atoms with Crippen LogP contribution in [0.25, 0.3) is 6.08 Å². The molecule has 9 nitrogen and oxygen atoms in total. The lowest BCUT2D eigenvalue weighted by atomic mass is 9.89. The Morgan fingerprint density at radius 3 is 2.29 bits per heavy atom. The van der Waals surface area contributed by atoms with Crippen LogP contribution < -0.4 is 15.0 Å². The Morgan fingerprint density at radius 2 is 1.63 bits per heavy atom. The van der Waals surface area contributed by atoms with Crippen LogP contribution in [0.4, 0.5) is 36.8 Å². The number of hydrogen-bond acceptors (Lipinski definition) is 6. The van der Waals surface area contributed by atoms with E-state index in [-0.39, 0.29) is 37.3 Å². The van der Waals surface area contributed by atoms with Gasteiger partial charge in [0.05, 0.1) is 13.2 Å². The van der Waals surface area contributed by atoms with E-state index in [9.17, 15) is 40.7 Å². The molecule has 3 aromatic rings. The van der Waals surface area contributed by atoms with Gasteiger partial charge in [0, 0.05) is 43.9 Å². The molecule has 0 radical (unpaired) electrons. The van der Waals surface area contributed by atoms with Crippen molar-refractivity contribution in [3.63, 3.8) is 0 Å². The molecule has 52 heavy (non-hydrogen) atoms. The van der Waals surface area contributed by atoms with Crippen LogP contribution in [0.1, 0.15) is 41.7 Å². The zero-order valence-electron chi connectivity index (χ0n) is 28.3. The van der Waals surface area contributed by atoms with Crippen molar-refractivity contribution >= 4 is 29.6 Å². The van der Waals surface area contributed by atoms with Gasteiger partial charge in [-0.15, -0.1) is 0 Å². The van der Waals surface area contributed by atoms with Gasteiger partial charge in [0.25, 0.3) is 11.5 Å². The van der Waals surface area contributed by atoms with Crippen LogP contribution in [0.2, 0.25) is 0 Å². The Labute approximate surface area is 295 Å². The lowest BCUT2D eigenvalue weighted by Gasteiger charge is -2.39. The van der Waals surface area contributed by atoms with Crippen LogP contribution in [-0.4, -0.2) is 79.3 Å². The number of nitrogens with zero attached hydrogens (tertiary/aromatic N) is 3. The summed E-state index contributed by atoms with van der Waals surface area (Å²) < 4.78 is 97.7. The highest BCUT2D eigenvalue weighted by atomic mass is 19.4. The average Bonchev–Trinajstić information content (AvgIpc) is 3.66. The molecule has 2 fully saturated rings. The third-order valence-electron chi connectivity index (χ3n) is 9.69. The first-order chi connectivity index (χ1) is 24.6. The maximum absolute atomic E-state index is 14.6. The highest BCUT2D eigenvalue weighted by Crippen LogP contribution is 2.54. The van der Waals surface area contributed by atoms with E-state index in [0.717, 1.165) is 22.6 Å². The molecule has 3 aliphatic heterocycles. The Hall–Kier alpha value is -5.05. The van der Waals surface area contributed by atoms with Crippen LogP contribution in [0, 0.1) is 0 Å². The topological polar surface area (TPSA) is 91.4 Å². The van der Waals surface area contributed by atoms with Gasteiger partial charge < -0.3 is 24.6 Å². The highest BCUT2D eigenvalue weighted by molar-refractivity contribution is 6.09. The molecule has 1 atom stereocenters. The van der Waals surface area contributed by atoms with Gasteiger partial charge in [-0.25, -0.2) is 4.79 Å². The molecule has 3 aliphatic rings. The quantitative estimate of drug-likeness (QED) is 0.205. The van der Waals surface area contributed by atoms with Crippen molar-refractivity contribution in [1.82, 2.24) is 15.1 Å². The zero-order chi connectivity index (χ0) is 37.5. The molecule has 6 rings (SSSR count). The van der Waals surface area contributed by atoms with Crippen molar-refractivity contribution in [1.29, 1.82) is 0 Å². The SMILES string of the molecule is CC=Cc1cc(C(OCc2ccccc2)(C(F)(F)F)C(F)(F)F)ccc1N1CCN(C(=O)CN2C(=O)NC(C)(c3ccc4c(c3)CCO4)C2=O)CC1. The number of fused-ring (bicyclic) bond motifs is 1. The number of ether oxygens (including phenoxy) is 2. The van der Waals surface area contributed by atoms with Gasteiger partial charge in [0.15, 0.2) is 0 Å². The predicted octanol–water partition coefficient (Wildman–Crippen LogP) is 6.31. The summed E-state index contributed by atoms with van der Waals surface area (Å²) in [7, 11) is 0. The number of benzene rings is 3. The number of anilines is 1. The second-order valence-electron chi connectivity index (χ2n) is 13.0. The van der Waals surface area contributed by atoms with Crippen LogP contribution in [0.3, 0.4) is 0 Å². The van der Waals surface area contributed by atoms with Gasteiger partial charge in [0.2, 0.25) is 5.91 Å². The lowest BCUT2D eigenvalue weighted by Crippen LogP contribution is -2.56.